The van der Waals surface area contributed by atoms with E-state index in [9.17, 15) is 14.0 Å². The summed E-state index contributed by atoms with van der Waals surface area (Å²) >= 11 is 0. The van der Waals surface area contributed by atoms with Gasteiger partial charge in [-0.1, -0.05) is 42.0 Å². The number of nitrogens with one attached hydrogen (secondary N) is 1. The van der Waals surface area contributed by atoms with Crippen LogP contribution in [0.1, 0.15) is 29.2 Å². The molecular weight excluding hydrogens is 319 g/mol. The van der Waals surface area contributed by atoms with Crippen LogP contribution in [0, 0.1) is 12.7 Å². The number of amides is 2. The SMILES string of the molecule is Cc1ccc(CCC(=O)N2CCNC(=O)C2c2ccc(F)cc2)cc1. The van der Waals surface area contributed by atoms with Gasteiger partial charge in [-0.25, -0.2) is 4.39 Å². The van der Waals surface area contributed by atoms with Gasteiger partial charge >= 0.3 is 0 Å². The molecule has 4 nitrogen and oxygen atoms in total. The van der Waals surface area contributed by atoms with E-state index in [0.717, 1.165) is 5.56 Å². The number of hydrogen-bond donors (Lipinski definition) is 1. The maximum absolute atomic E-state index is 13.2. The first-order chi connectivity index (χ1) is 12.0. The highest BCUT2D eigenvalue weighted by Crippen LogP contribution is 2.24. The van der Waals surface area contributed by atoms with E-state index in [1.165, 1.54) is 17.7 Å². The van der Waals surface area contributed by atoms with Crippen LogP contribution in [-0.4, -0.2) is 29.8 Å². The number of halogens is 1. The summed E-state index contributed by atoms with van der Waals surface area (Å²) < 4.78 is 13.2. The van der Waals surface area contributed by atoms with Crippen LogP contribution in [-0.2, 0) is 16.0 Å². The molecule has 130 valence electrons. The zero-order chi connectivity index (χ0) is 17.8. The van der Waals surface area contributed by atoms with Crippen molar-refractivity contribution in [2.24, 2.45) is 0 Å². The average Bonchev–Trinajstić information content (AvgIpc) is 2.62. The summed E-state index contributed by atoms with van der Waals surface area (Å²) in [5, 5.41) is 2.78. The second-order valence-corrected chi connectivity index (χ2v) is 6.32. The van der Waals surface area contributed by atoms with Crippen molar-refractivity contribution in [3.8, 4) is 0 Å². The molecule has 25 heavy (non-hydrogen) atoms. The van der Waals surface area contributed by atoms with E-state index < -0.39 is 6.04 Å². The fourth-order valence-corrected chi connectivity index (χ4v) is 3.06. The molecule has 0 saturated carbocycles. The van der Waals surface area contributed by atoms with Gasteiger partial charge in [0.2, 0.25) is 11.8 Å². The number of aryl methyl sites for hydroxylation is 2. The van der Waals surface area contributed by atoms with E-state index >= 15 is 0 Å². The van der Waals surface area contributed by atoms with Crippen LogP contribution >= 0.6 is 0 Å². The first-order valence-electron chi connectivity index (χ1n) is 8.43. The van der Waals surface area contributed by atoms with Crippen molar-refractivity contribution >= 4 is 11.8 Å². The fraction of sp³-hybridized carbons (Fsp3) is 0.300. The Bertz CT molecular complexity index is 756. The Kier molecular flexibility index (Phi) is 5.12. The Morgan fingerprint density at radius 1 is 1.16 bits per heavy atom. The third kappa shape index (κ3) is 4.05. The van der Waals surface area contributed by atoms with Gasteiger partial charge in [-0.15, -0.1) is 0 Å². The molecule has 2 aromatic rings. The lowest BCUT2D eigenvalue weighted by Gasteiger charge is -2.35. The van der Waals surface area contributed by atoms with Gasteiger partial charge in [0.25, 0.3) is 0 Å². The third-order valence-electron chi connectivity index (χ3n) is 4.47. The van der Waals surface area contributed by atoms with Crippen LogP contribution in [0.3, 0.4) is 0 Å². The van der Waals surface area contributed by atoms with Crippen molar-refractivity contribution in [3.05, 3.63) is 71.0 Å². The van der Waals surface area contributed by atoms with Crippen LogP contribution in [0.4, 0.5) is 4.39 Å². The predicted octanol–water partition coefficient (Wildman–Crippen LogP) is 2.77. The standard InChI is InChI=1S/C20H21FN2O2/c1-14-2-4-15(5-3-14)6-11-18(24)23-13-12-22-20(25)19(23)16-7-9-17(21)10-8-16/h2-5,7-10,19H,6,11-13H2,1H3,(H,22,25). The van der Waals surface area contributed by atoms with Crippen LogP contribution in [0.15, 0.2) is 48.5 Å². The van der Waals surface area contributed by atoms with Crippen LogP contribution < -0.4 is 5.32 Å². The molecule has 1 saturated heterocycles. The summed E-state index contributed by atoms with van der Waals surface area (Å²) in [5.41, 5.74) is 2.90. The summed E-state index contributed by atoms with van der Waals surface area (Å²) in [6, 6.07) is 13.1. The lowest BCUT2D eigenvalue weighted by atomic mass is 10.0. The van der Waals surface area contributed by atoms with E-state index in [-0.39, 0.29) is 17.6 Å². The van der Waals surface area contributed by atoms with Gasteiger partial charge in [-0.3, -0.25) is 9.59 Å². The van der Waals surface area contributed by atoms with Crippen molar-refractivity contribution in [2.75, 3.05) is 13.1 Å². The number of hydrogen-bond acceptors (Lipinski definition) is 2. The highest BCUT2D eigenvalue weighted by atomic mass is 19.1. The molecule has 1 N–H and O–H groups in total. The average molecular weight is 340 g/mol. The minimum absolute atomic E-state index is 0.0650. The molecule has 0 aliphatic carbocycles. The summed E-state index contributed by atoms with van der Waals surface area (Å²) in [7, 11) is 0. The molecule has 0 spiro atoms. The number of nitrogens with zero attached hydrogens (tertiary/aromatic N) is 1. The molecule has 2 amide bonds. The van der Waals surface area contributed by atoms with Crippen molar-refractivity contribution in [2.45, 2.75) is 25.8 Å². The van der Waals surface area contributed by atoms with E-state index in [4.69, 9.17) is 0 Å². The quantitative estimate of drug-likeness (QED) is 0.930. The summed E-state index contributed by atoms with van der Waals surface area (Å²) in [6.45, 7) is 2.92. The normalized spacial score (nSPS) is 17.3. The predicted molar refractivity (Wildman–Crippen MR) is 93.4 cm³/mol. The summed E-state index contributed by atoms with van der Waals surface area (Å²) in [5.74, 6) is -0.650. The molecular formula is C20H21FN2O2. The summed E-state index contributed by atoms with van der Waals surface area (Å²) in [6.07, 6.45) is 0.974. The van der Waals surface area contributed by atoms with Crippen molar-refractivity contribution in [3.63, 3.8) is 0 Å². The molecule has 5 heteroatoms. The molecule has 1 unspecified atom stereocenters. The highest BCUT2D eigenvalue weighted by Gasteiger charge is 2.33. The lowest BCUT2D eigenvalue weighted by Crippen LogP contribution is -2.52. The van der Waals surface area contributed by atoms with Crippen molar-refractivity contribution in [1.29, 1.82) is 0 Å². The monoisotopic (exact) mass is 340 g/mol. The number of piperazine rings is 1. The van der Waals surface area contributed by atoms with Crippen molar-refractivity contribution < 1.29 is 14.0 Å². The van der Waals surface area contributed by atoms with E-state index in [2.05, 4.69) is 5.32 Å². The second kappa shape index (κ2) is 7.47. The number of benzene rings is 2. The van der Waals surface area contributed by atoms with E-state index in [1.54, 1.807) is 17.0 Å². The molecule has 0 radical (unpaired) electrons. The Morgan fingerprint density at radius 2 is 1.84 bits per heavy atom. The molecule has 0 aromatic heterocycles. The number of carbonyl (C=O) groups is 2. The maximum atomic E-state index is 13.2. The minimum atomic E-state index is -0.695. The number of carbonyl (C=O) groups excluding carboxylic acids is 2. The zero-order valence-electron chi connectivity index (χ0n) is 14.2. The smallest absolute Gasteiger partial charge is 0.247 e. The Labute approximate surface area is 146 Å². The van der Waals surface area contributed by atoms with Gasteiger partial charge in [0.1, 0.15) is 11.9 Å². The number of rotatable bonds is 4. The van der Waals surface area contributed by atoms with Gasteiger partial charge < -0.3 is 10.2 Å². The first kappa shape index (κ1) is 17.1. The zero-order valence-corrected chi connectivity index (χ0v) is 14.2. The van der Waals surface area contributed by atoms with Crippen molar-refractivity contribution in [1.82, 2.24) is 10.2 Å². The molecule has 1 aliphatic heterocycles. The van der Waals surface area contributed by atoms with Gasteiger partial charge in [-0.2, -0.15) is 0 Å². The topological polar surface area (TPSA) is 49.4 Å². The lowest BCUT2D eigenvalue weighted by molar-refractivity contribution is -0.143. The molecule has 1 aliphatic rings. The van der Waals surface area contributed by atoms with E-state index in [0.29, 0.717) is 31.5 Å². The largest absolute Gasteiger partial charge is 0.352 e. The fourth-order valence-electron chi connectivity index (χ4n) is 3.06. The van der Waals surface area contributed by atoms with Crippen LogP contribution in [0.2, 0.25) is 0 Å². The Morgan fingerprint density at radius 3 is 2.52 bits per heavy atom. The molecule has 1 heterocycles. The van der Waals surface area contributed by atoms with Gasteiger partial charge in [0, 0.05) is 19.5 Å². The van der Waals surface area contributed by atoms with Crippen LogP contribution in [0.5, 0.6) is 0 Å². The minimum Gasteiger partial charge on any atom is -0.352 e. The van der Waals surface area contributed by atoms with Gasteiger partial charge in [-0.05, 0) is 36.6 Å². The third-order valence-corrected chi connectivity index (χ3v) is 4.47. The molecule has 1 atom stereocenters. The van der Waals surface area contributed by atoms with E-state index in [1.807, 2.05) is 31.2 Å². The molecule has 3 rings (SSSR count). The van der Waals surface area contributed by atoms with Gasteiger partial charge in [0.15, 0.2) is 0 Å². The summed E-state index contributed by atoms with van der Waals surface area (Å²) in [4.78, 5) is 26.6. The first-order valence-corrected chi connectivity index (χ1v) is 8.43. The molecule has 0 bridgehead atoms. The van der Waals surface area contributed by atoms with Gasteiger partial charge in [0.05, 0.1) is 0 Å². The van der Waals surface area contributed by atoms with Crippen LogP contribution in [0.25, 0.3) is 0 Å². The Hall–Kier alpha value is -2.69. The second-order valence-electron chi connectivity index (χ2n) is 6.32. The Balaban J connectivity index is 1.73. The maximum Gasteiger partial charge on any atom is 0.247 e. The molecule has 2 aromatic carbocycles. The highest BCUT2D eigenvalue weighted by molar-refractivity contribution is 5.89. The molecule has 1 fully saturated rings.